The van der Waals surface area contributed by atoms with Crippen LogP contribution in [0.2, 0.25) is 5.02 Å². The van der Waals surface area contributed by atoms with E-state index >= 15 is 0 Å². The summed E-state index contributed by atoms with van der Waals surface area (Å²) in [6.07, 6.45) is 9.85. The molecule has 0 bridgehead atoms. The summed E-state index contributed by atoms with van der Waals surface area (Å²) < 4.78 is 5.56. The minimum absolute atomic E-state index is 0.102. The molecule has 2 aromatic rings. The lowest BCUT2D eigenvalue weighted by molar-refractivity contribution is -0.136. The molecule has 2 aliphatic rings. The monoisotopic (exact) mass is 387 g/mol. The van der Waals surface area contributed by atoms with Gasteiger partial charge in [0.1, 0.15) is 6.04 Å². The van der Waals surface area contributed by atoms with Crippen molar-refractivity contribution in [2.24, 2.45) is 5.92 Å². The van der Waals surface area contributed by atoms with Crippen LogP contribution in [-0.2, 0) is 4.79 Å². The molecule has 1 aromatic carbocycles. The van der Waals surface area contributed by atoms with Gasteiger partial charge in [0.15, 0.2) is 0 Å². The molecule has 2 fully saturated rings. The van der Waals surface area contributed by atoms with Gasteiger partial charge in [-0.2, -0.15) is 4.98 Å². The van der Waals surface area contributed by atoms with E-state index in [2.05, 4.69) is 10.1 Å². The predicted molar refractivity (Wildman–Crippen MR) is 104 cm³/mol. The van der Waals surface area contributed by atoms with Crippen LogP contribution in [0.25, 0.3) is 11.4 Å². The third kappa shape index (κ3) is 4.34. The molecule has 4 rings (SSSR count). The van der Waals surface area contributed by atoms with E-state index in [-0.39, 0.29) is 11.9 Å². The summed E-state index contributed by atoms with van der Waals surface area (Å²) in [5.74, 6) is 2.03. The second kappa shape index (κ2) is 8.42. The molecular formula is C21H26ClN3O2. The maximum absolute atomic E-state index is 12.9. The molecule has 1 aliphatic heterocycles. The van der Waals surface area contributed by atoms with Crippen LogP contribution in [0.5, 0.6) is 0 Å². The first-order valence-corrected chi connectivity index (χ1v) is 10.5. The highest BCUT2D eigenvalue weighted by atomic mass is 35.5. The largest absolute Gasteiger partial charge is 0.337 e. The van der Waals surface area contributed by atoms with Crippen LogP contribution in [0.4, 0.5) is 0 Å². The number of carbonyl (C=O) groups excluding carboxylic acids is 1. The minimum atomic E-state index is -0.102. The van der Waals surface area contributed by atoms with Crippen molar-refractivity contribution in [1.29, 1.82) is 0 Å². The normalized spacial score (nSPS) is 20.9. The van der Waals surface area contributed by atoms with Gasteiger partial charge in [0.25, 0.3) is 0 Å². The molecule has 0 radical (unpaired) electrons. The Morgan fingerprint density at radius 3 is 2.81 bits per heavy atom. The van der Waals surface area contributed by atoms with Crippen LogP contribution in [0.1, 0.15) is 69.7 Å². The highest BCUT2D eigenvalue weighted by Crippen LogP contribution is 2.33. The van der Waals surface area contributed by atoms with E-state index in [1.54, 1.807) is 0 Å². The zero-order valence-electron chi connectivity index (χ0n) is 15.6. The van der Waals surface area contributed by atoms with Crippen LogP contribution in [0.15, 0.2) is 28.8 Å². The Kier molecular flexibility index (Phi) is 5.77. The maximum atomic E-state index is 12.9. The van der Waals surface area contributed by atoms with Gasteiger partial charge in [0.2, 0.25) is 17.6 Å². The van der Waals surface area contributed by atoms with Crippen LogP contribution in [0, 0.1) is 5.92 Å². The van der Waals surface area contributed by atoms with Crippen molar-refractivity contribution in [3.63, 3.8) is 0 Å². The van der Waals surface area contributed by atoms with E-state index in [1.165, 1.54) is 25.7 Å². The van der Waals surface area contributed by atoms with E-state index in [9.17, 15) is 4.79 Å². The van der Waals surface area contributed by atoms with Crippen molar-refractivity contribution < 1.29 is 9.32 Å². The molecule has 2 heterocycles. The number of rotatable bonds is 5. The third-order valence-electron chi connectivity index (χ3n) is 5.87. The number of aromatic nitrogens is 2. The molecule has 6 heteroatoms. The van der Waals surface area contributed by atoms with Crippen LogP contribution >= 0.6 is 11.6 Å². The number of piperidine rings is 1. The van der Waals surface area contributed by atoms with Crippen LogP contribution in [-0.4, -0.2) is 27.5 Å². The average Bonchev–Trinajstić information content (AvgIpc) is 3.38. The smallest absolute Gasteiger partial charge is 0.249 e. The quantitative estimate of drug-likeness (QED) is 0.687. The molecule has 1 aliphatic carbocycles. The first kappa shape index (κ1) is 18.5. The molecule has 0 spiro atoms. The van der Waals surface area contributed by atoms with E-state index in [0.717, 1.165) is 43.7 Å². The first-order valence-electron chi connectivity index (χ1n) is 10.1. The standard InChI is InChI=1S/C21H26ClN3O2/c22-17-9-5-8-16(14-17)20-23-21(27-24-20)18-10-3-4-13-25(18)19(26)12-11-15-6-1-2-7-15/h5,8-9,14-15,18H,1-4,6-7,10-13H2. The van der Waals surface area contributed by atoms with Gasteiger partial charge < -0.3 is 9.42 Å². The van der Waals surface area contributed by atoms with Gasteiger partial charge in [-0.05, 0) is 43.7 Å². The van der Waals surface area contributed by atoms with Gasteiger partial charge in [-0.15, -0.1) is 0 Å². The highest BCUT2D eigenvalue weighted by molar-refractivity contribution is 6.30. The number of benzene rings is 1. The zero-order valence-corrected chi connectivity index (χ0v) is 16.3. The number of hydrogen-bond donors (Lipinski definition) is 0. The van der Waals surface area contributed by atoms with Crippen molar-refractivity contribution in [2.45, 2.75) is 63.8 Å². The van der Waals surface area contributed by atoms with E-state index in [4.69, 9.17) is 16.1 Å². The second-order valence-corrected chi connectivity index (χ2v) is 8.19. The number of likely N-dealkylation sites (tertiary alicyclic amines) is 1. The molecule has 1 unspecified atom stereocenters. The Morgan fingerprint density at radius 2 is 2.00 bits per heavy atom. The summed E-state index contributed by atoms with van der Waals surface area (Å²) in [6.45, 7) is 0.781. The number of carbonyl (C=O) groups is 1. The Hall–Kier alpha value is -1.88. The Morgan fingerprint density at radius 1 is 1.19 bits per heavy atom. The van der Waals surface area contributed by atoms with Gasteiger partial charge in [-0.25, -0.2) is 0 Å². The summed E-state index contributed by atoms with van der Waals surface area (Å²) >= 11 is 6.06. The highest BCUT2D eigenvalue weighted by Gasteiger charge is 2.32. The van der Waals surface area contributed by atoms with E-state index in [0.29, 0.717) is 23.2 Å². The molecule has 5 nitrogen and oxygen atoms in total. The van der Waals surface area contributed by atoms with Crippen molar-refractivity contribution in [1.82, 2.24) is 15.0 Å². The van der Waals surface area contributed by atoms with Gasteiger partial charge in [-0.3, -0.25) is 4.79 Å². The van der Waals surface area contributed by atoms with Gasteiger partial charge in [0, 0.05) is 23.6 Å². The van der Waals surface area contributed by atoms with Crippen LogP contribution in [0.3, 0.4) is 0 Å². The lowest BCUT2D eigenvalue weighted by Crippen LogP contribution is -2.38. The van der Waals surface area contributed by atoms with E-state index in [1.807, 2.05) is 29.2 Å². The Labute approximate surface area is 165 Å². The first-order chi connectivity index (χ1) is 13.2. The number of nitrogens with zero attached hydrogens (tertiary/aromatic N) is 3. The molecule has 1 saturated carbocycles. The van der Waals surface area contributed by atoms with Gasteiger partial charge >= 0.3 is 0 Å². The summed E-state index contributed by atoms with van der Waals surface area (Å²) in [7, 11) is 0. The van der Waals surface area contributed by atoms with Crippen molar-refractivity contribution in [3.8, 4) is 11.4 Å². The summed E-state index contributed by atoms with van der Waals surface area (Å²) in [5.41, 5.74) is 0.826. The average molecular weight is 388 g/mol. The Balaban J connectivity index is 1.46. The number of hydrogen-bond acceptors (Lipinski definition) is 4. The van der Waals surface area contributed by atoms with Crippen molar-refractivity contribution in [2.75, 3.05) is 6.54 Å². The van der Waals surface area contributed by atoms with Gasteiger partial charge in [-0.1, -0.05) is 54.6 Å². The fourth-order valence-electron chi connectivity index (χ4n) is 4.37. The SMILES string of the molecule is O=C(CCC1CCCC1)N1CCCCC1c1nc(-c2cccc(Cl)c2)no1. The molecule has 144 valence electrons. The molecule has 0 N–H and O–H groups in total. The zero-order chi connectivity index (χ0) is 18.6. The fourth-order valence-corrected chi connectivity index (χ4v) is 4.56. The molecule has 1 atom stereocenters. The fraction of sp³-hybridized carbons (Fsp3) is 0.571. The minimum Gasteiger partial charge on any atom is -0.337 e. The maximum Gasteiger partial charge on any atom is 0.249 e. The van der Waals surface area contributed by atoms with Gasteiger partial charge in [0.05, 0.1) is 0 Å². The number of amides is 1. The lowest BCUT2D eigenvalue weighted by atomic mass is 9.98. The van der Waals surface area contributed by atoms with Crippen molar-refractivity contribution >= 4 is 17.5 Å². The second-order valence-electron chi connectivity index (χ2n) is 7.75. The molecular weight excluding hydrogens is 362 g/mol. The lowest BCUT2D eigenvalue weighted by Gasteiger charge is -2.33. The molecule has 1 saturated heterocycles. The molecule has 1 aromatic heterocycles. The molecule has 27 heavy (non-hydrogen) atoms. The third-order valence-corrected chi connectivity index (χ3v) is 6.11. The van der Waals surface area contributed by atoms with E-state index < -0.39 is 0 Å². The molecule has 1 amide bonds. The Bertz CT molecular complexity index is 785. The predicted octanol–water partition coefficient (Wildman–Crippen LogP) is 5.41. The summed E-state index contributed by atoms with van der Waals surface area (Å²) in [4.78, 5) is 19.4. The summed E-state index contributed by atoms with van der Waals surface area (Å²) in [5, 5.41) is 4.76. The van der Waals surface area contributed by atoms with Crippen LogP contribution < -0.4 is 0 Å². The summed E-state index contributed by atoms with van der Waals surface area (Å²) in [6, 6.07) is 7.31. The van der Waals surface area contributed by atoms with Crippen molar-refractivity contribution in [3.05, 3.63) is 35.2 Å². The number of halogens is 1. The topological polar surface area (TPSA) is 59.2 Å².